The number of piperidine rings is 2. The van der Waals surface area contributed by atoms with E-state index in [2.05, 4.69) is 10.3 Å². The summed E-state index contributed by atoms with van der Waals surface area (Å²) in [5.74, 6) is -0.278. The smallest absolute Gasteiger partial charge is 0.416 e. The fourth-order valence-electron chi connectivity index (χ4n) is 6.29. The molecule has 2 saturated heterocycles. The number of carbonyl (C=O) groups excluding carboxylic acids is 1. The second kappa shape index (κ2) is 11.1. The highest BCUT2D eigenvalue weighted by Crippen LogP contribution is 2.39. The predicted molar refractivity (Wildman–Crippen MR) is 141 cm³/mol. The number of hydrogen-bond acceptors (Lipinski definition) is 6. The Kier molecular flexibility index (Phi) is 7.77. The summed E-state index contributed by atoms with van der Waals surface area (Å²) in [6.45, 7) is 4.18. The molecule has 5 rings (SSSR count). The summed E-state index contributed by atoms with van der Waals surface area (Å²) in [5, 5.41) is 3.44. The van der Waals surface area contributed by atoms with Crippen LogP contribution in [0.5, 0.6) is 5.88 Å². The number of benzene rings is 1. The molecular formula is C29H34F3N4O3+. The summed E-state index contributed by atoms with van der Waals surface area (Å²) in [6, 6.07) is 8.84. The van der Waals surface area contributed by atoms with Crippen molar-refractivity contribution < 1.29 is 31.9 Å². The van der Waals surface area contributed by atoms with Crippen molar-refractivity contribution in [1.29, 1.82) is 0 Å². The molecule has 2 aliphatic heterocycles. The number of esters is 1. The zero-order valence-electron chi connectivity index (χ0n) is 22.3. The van der Waals surface area contributed by atoms with Crippen LogP contribution in [0.2, 0.25) is 0 Å². The average Bonchev–Trinajstić information content (AvgIpc) is 2.96. The maximum atomic E-state index is 13.7. The van der Waals surface area contributed by atoms with E-state index in [1.807, 2.05) is 0 Å². The quantitative estimate of drug-likeness (QED) is 0.333. The Balaban J connectivity index is 1.78. The number of aromatic nitrogens is 2. The van der Waals surface area contributed by atoms with Crippen LogP contribution in [0.25, 0.3) is 22.3 Å². The Bertz CT molecular complexity index is 1350. The molecule has 2 fully saturated rings. The van der Waals surface area contributed by atoms with Crippen molar-refractivity contribution in [2.24, 2.45) is 0 Å². The monoisotopic (exact) mass is 543 g/mol. The maximum absolute atomic E-state index is 13.7. The number of nitrogens with one attached hydrogen (secondary N) is 1. The van der Waals surface area contributed by atoms with Gasteiger partial charge in [0.25, 0.3) is 0 Å². The van der Waals surface area contributed by atoms with Crippen LogP contribution < -0.4 is 10.1 Å². The lowest BCUT2D eigenvalue weighted by Gasteiger charge is -2.49. The summed E-state index contributed by atoms with van der Waals surface area (Å²) in [4.78, 5) is 22.9. The highest BCUT2D eigenvalue weighted by Gasteiger charge is 2.41. The molecular weight excluding hydrogens is 509 g/mol. The topological polar surface area (TPSA) is 73.3 Å². The van der Waals surface area contributed by atoms with Crippen LogP contribution in [0.15, 0.2) is 36.4 Å². The Morgan fingerprint density at radius 3 is 2.46 bits per heavy atom. The van der Waals surface area contributed by atoms with Crippen molar-refractivity contribution in [3.8, 4) is 17.1 Å². The van der Waals surface area contributed by atoms with Gasteiger partial charge in [0.1, 0.15) is 12.1 Å². The minimum absolute atomic E-state index is 0.241. The number of likely N-dealkylation sites (tertiary alicyclic amines) is 1. The number of nitrogens with zero attached hydrogens (tertiary/aromatic N) is 3. The lowest BCUT2D eigenvalue weighted by molar-refractivity contribution is -0.968. The van der Waals surface area contributed by atoms with Crippen molar-refractivity contribution in [1.82, 2.24) is 15.3 Å². The number of carbonyl (C=O) groups is 1. The van der Waals surface area contributed by atoms with Crippen LogP contribution in [-0.4, -0.2) is 66.9 Å². The van der Waals surface area contributed by atoms with Crippen molar-refractivity contribution in [3.05, 3.63) is 53.1 Å². The van der Waals surface area contributed by atoms with E-state index in [0.29, 0.717) is 46.3 Å². The second-order valence-electron chi connectivity index (χ2n) is 10.5. The summed E-state index contributed by atoms with van der Waals surface area (Å²) in [5.41, 5.74) is 1.44. The van der Waals surface area contributed by atoms with Gasteiger partial charge in [-0.15, -0.1) is 0 Å². The van der Waals surface area contributed by atoms with Gasteiger partial charge in [-0.1, -0.05) is 12.1 Å². The van der Waals surface area contributed by atoms with Crippen molar-refractivity contribution in [2.75, 3.05) is 40.4 Å². The summed E-state index contributed by atoms with van der Waals surface area (Å²) in [7, 11) is 2.79. The number of hydrogen-bond donors (Lipinski definition) is 1. The van der Waals surface area contributed by atoms with E-state index in [0.717, 1.165) is 74.9 Å². The van der Waals surface area contributed by atoms with Crippen LogP contribution in [-0.2, 0) is 17.5 Å². The first-order valence-electron chi connectivity index (χ1n) is 13.5. The largest absolute Gasteiger partial charge is 0.481 e. The normalized spacial score (nSPS) is 18.2. The number of rotatable bonds is 6. The van der Waals surface area contributed by atoms with E-state index in [4.69, 9.17) is 14.5 Å². The average molecular weight is 544 g/mol. The Morgan fingerprint density at radius 2 is 1.79 bits per heavy atom. The van der Waals surface area contributed by atoms with Gasteiger partial charge in [0, 0.05) is 43.1 Å². The van der Waals surface area contributed by atoms with Gasteiger partial charge in [-0.05, 0) is 37.5 Å². The number of pyridine rings is 2. The third kappa shape index (κ3) is 5.45. The SMILES string of the molecule is COC(=O)c1c(C[N+]2(C3CCNCC3)CCCCC2)c(-c2cccc(C(F)(F)F)c2)nc2ccc(OC)nc12. The molecule has 0 aliphatic carbocycles. The van der Waals surface area contributed by atoms with Crippen molar-refractivity contribution in [2.45, 2.75) is 50.9 Å². The molecule has 10 heteroatoms. The van der Waals surface area contributed by atoms with E-state index in [-0.39, 0.29) is 5.56 Å². The fraction of sp³-hybridized carbons (Fsp3) is 0.483. The van der Waals surface area contributed by atoms with E-state index in [1.54, 1.807) is 18.2 Å². The second-order valence-corrected chi connectivity index (χ2v) is 10.5. The van der Waals surface area contributed by atoms with Gasteiger partial charge in [-0.25, -0.2) is 14.8 Å². The Morgan fingerprint density at radius 1 is 1.05 bits per heavy atom. The van der Waals surface area contributed by atoms with Crippen LogP contribution in [0.1, 0.15) is 53.6 Å². The first-order valence-corrected chi connectivity index (χ1v) is 13.5. The molecule has 0 bridgehead atoms. The predicted octanol–water partition coefficient (Wildman–Crippen LogP) is 5.36. The van der Waals surface area contributed by atoms with Gasteiger partial charge in [0.15, 0.2) is 0 Å². The Hall–Kier alpha value is -3.24. The molecule has 39 heavy (non-hydrogen) atoms. The first-order chi connectivity index (χ1) is 18.8. The van der Waals surface area contributed by atoms with Gasteiger partial charge in [0.2, 0.25) is 5.88 Å². The van der Waals surface area contributed by atoms with Gasteiger partial charge in [0.05, 0.1) is 55.7 Å². The maximum Gasteiger partial charge on any atom is 0.416 e. The summed E-state index contributed by atoms with van der Waals surface area (Å²) in [6.07, 6.45) is 0.749. The highest BCUT2D eigenvalue weighted by atomic mass is 19.4. The molecule has 0 spiro atoms. The number of fused-ring (bicyclic) bond motifs is 1. The third-order valence-electron chi connectivity index (χ3n) is 8.23. The number of alkyl halides is 3. The van der Waals surface area contributed by atoms with Crippen LogP contribution >= 0.6 is 0 Å². The number of quaternary nitrogens is 1. The van der Waals surface area contributed by atoms with Crippen molar-refractivity contribution in [3.63, 3.8) is 0 Å². The molecule has 1 N–H and O–H groups in total. The van der Waals surface area contributed by atoms with Gasteiger partial charge < -0.3 is 19.3 Å². The highest BCUT2D eigenvalue weighted by molar-refractivity contribution is 6.05. The minimum atomic E-state index is -4.51. The van der Waals surface area contributed by atoms with Crippen LogP contribution in [0, 0.1) is 0 Å². The number of methoxy groups -OCH3 is 2. The van der Waals surface area contributed by atoms with Crippen LogP contribution in [0.3, 0.4) is 0 Å². The molecule has 2 aromatic heterocycles. The standard InChI is InChI=1S/C29H34F3N4O3/c1-38-24-10-9-23-27(35-24)25(28(37)39-2)22(26(34-23)19-7-6-8-20(17-19)29(30,31)32)18-36(15-4-3-5-16-36)21-11-13-33-14-12-21/h6-10,17,21,33H,3-5,11-16,18H2,1-2H3/q+1. The van der Waals surface area contributed by atoms with Crippen LogP contribution in [0.4, 0.5) is 13.2 Å². The van der Waals surface area contributed by atoms with Gasteiger partial charge in [-0.3, -0.25) is 0 Å². The molecule has 7 nitrogen and oxygen atoms in total. The molecule has 208 valence electrons. The zero-order valence-corrected chi connectivity index (χ0v) is 22.3. The summed E-state index contributed by atoms with van der Waals surface area (Å²) < 4.78 is 52.6. The molecule has 0 amide bonds. The van der Waals surface area contributed by atoms with Gasteiger partial charge >= 0.3 is 12.1 Å². The molecule has 3 aromatic rings. The fourth-order valence-corrected chi connectivity index (χ4v) is 6.29. The lowest BCUT2D eigenvalue weighted by Crippen LogP contribution is -2.60. The molecule has 0 saturated carbocycles. The lowest BCUT2D eigenvalue weighted by atomic mass is 9.91. The minimum Gasteiger partial charge on any atom is -0.481 e. The summed E-state index contributed by atoms with van der Waals surface area (Å²) >= 11 is 0. The third-order valence-corrected chi connectivity index (χ3v) is 8.23. The number of halogens is 3. The van der Waals surface area contributed by atoms with Crippen molar-refractivity contribution >= 4 is 17.0 Å². The number of ether oxygens (including phenoxy) is 2. The van der Waals surface area contributed by atoms with E-state index < -0.39 is 17.7 Å². The molecule has 1 aromatic carbocycles. The molecule has 0 radical (unpaired) electrons. The molecule has 0 atom stereocenters. The molecule has 2 aliphatic rings. The zero-order chi connectivity index (χ0) is 27.6. The molecule has 4 heterocycles. The van der Waals surface area contributed by atoms with E-state index >= 15 is 0 Å². The first kappa shape index (κ1) is 27.3. The molecule has 0 unspecified atom stereocenters. The van der Waals surface area contributed by atoms with Gasteiger partial charge in [-0.2, -0.15) is 13.2 Å². The Labute approximate surface area is 225 Å². The van der Waals surface area contributed by atoms with E-state index in [9.17, 15) is 18.0 Å². The van der Waals surface area contributed by atoms with E-state index in [1.165, 1.54) is 20.3 Å².